The van der Waals surface area contributed by atoms with Crippen molar-refractivity contribution in [2.75, 3.05) is 0 Å². The van der Waals surface area contributed by atoms with Gasteiger partial charge in [0.1, 0.15) is 0 Å². The number of nitrogens with one attached hydrogen (secondary N) is 1. The van der Waals surface area contributed by atoms with Gasteiger partial charge in [0, 0.05) is 6.42 Å². The number of aromatic amines is 1. The highest BCUT2D eigenvalue weighted by atomic mass is 32.1. The Morgan fingerprint density at radius 3 is 3.18 bits per heavy atom. The van der Waals surface area contributed by atoms with Crippen LogP contribution in [0.4, 0.5) is 0 Å². The Kier molecular flexibility index (Phi) is 1.64. The Bertz CT molecular complexity index is 267. The molecular weight excluding hydrogens is 160 g/mol. The van der Waals surface area contributed by atoms with Crippen LogP contribution in [0.1, 0.15) is 11.4 Å². The van der Waals surface area contributed by atoms with Crippen LogP contribution in [-0.4, -0.2) is 20.6 Å². The lowest BCUT2D eigenvalue weighted by atomic mass is 10.2. The summed E-state index contributed by atoms with van der Waals surface area (Å²) in [5.74, 6) is 0.739. The zero-order chi connectivity index (χ0) is 7.52. The van der Waals surface area contributed by atoms with Gasteiger partial charge in [-0.1, -0.05) is 5.21 Å². The molecule has 0 bridgehead atoms. The topological polar surface area (TPSA) is 54.5 Å². The van der Waals surface area contributed by atoms with E-state index in [4.69, 9.17) is 0 Å². The van der Waals surface area contributed by atoms with Crippen LogP contribution >= 0.6 is 11.3 Å². The molecule has 0 aliphatic carbocycles. The number of rotatable bonds is 2. The molecule has 0 amide bonds. The smallest absolute Gasteiger partial charge is 0.177 e. The van der Waals surface area contributed by atoms with Crippen LogP contribution in [0, 0.1) is 0 Å². The van der Waals surface area contributed by atoms with Gasteiger partial charge in [-0.05, 0) is 22.4 Å². The van der Waals surface area contributed by atoms with Crippen molar-refractivity contribution < 1.29 is 0 Å². The summed E-state index contributed by atoms with van der Waals surface area (Å²) in [5.41, 5.74) is 1.23. The third kappa shape index (κ3) is 1.43. The van der Waals surface area contributed by atoms with E-state index in [2.05, 4.69) is 32.1 Å². The second-order valence-corrected chi connectivity index (χ2v) is 2.92. The largest absolute Gasteiger partial charge is 0.178 e. The number of hydrogen-bond donors (Lipinski definition) is 1. The molecular formula is C6H6N4S. The predicted molar refractivity (Wildman–Crippen MR) is 41.3 cm³/mol. The van der Waals surface area contributed by atoms with Crippen molar-refractivity contribution in [3.05, 3.63) is 28.2 Å². The summed E-state index contributed by atoms with van der Waals surface area (Å²) in [5, 5.41) is 17.7. The maximum atomic E-state index is 3.85. The molecule has 2 rings (SSSR count). The molecule has 1 N–H and O–H groups in total. The van der Waals surface area contributed by atoms with E-state index in [1.54, 1.807) is 11.3 Å². The standard InChI is InChI=1S/C6H6N4S/c1-2-11-4-5(1)3-6-7-9-10-8-6/h1-2,4H,3H2,(H,7,8,9,10). The fraction of sp³-hybridized carbons (Fsp3) is 0.167. The van der Waals surface area contributed by atoms with Crippen molar-refractivity contribution in [2.45, 2.75) is 6.42 Å². The van der Waals surface area contributed by atoms with E-state index >= 15 is 0 Å². The first-order valence-corrected chi connectivity index (χ1v) is 4.13. The second-order valence-electron chi connectivity index (χ2n) is 2.14. The molecule has 0 fully saturated rings. The van der Waals surface area contributed by atoms with Crippen LogP contribution in [0.5, 0.6) is 0 Å². The Labute approximate surface area is 67.3 Å². The summed E-state index contributed by atoms with van der Waals surface area (Å²) in [6.45, 7) is 0. The van der Waals surface area contributed by atoms with Crippen LogP contribution in [0.2, 0.25) is 0 Å². The summed E-state index contributed by atoms with van der Waals surface area (Å²) in [6.07, 6.45) is 0.764. The summed E-state index contributed by atoms with van der Waals surface area (Å²) < 4.78 is 0. The zero-order valence-corrected chi connectivity index (χ0v) is 6.51. The summed E-state index contributed by atoms with van der Waals surface area (Å²) in [6, 6.07) is 2.06. The van der Waals surface area contributed by atoms with Crippen LogP contribution in [0.15, 0.2) is 16.8 Å². The molecule has 0 radical (unpaired) electrons. The number of aromatic nitrogens is 4. The summed E-state index contributed by atoms with van der Waals surface area (Å²) in [7, 11) is 0. The minimum absolute atomic E-state index is 0.739. The maximum Gasteiger partial charge on any atom is 0.178 e. The van der Waals surface area contributed by atoms with Gasteiger partial charge in [0.2, 0.25) is 0 Å². The molecule has 0 saturated heterocycles. The first kappa shape index (κ1) is 6.48. The van der Waals surface area contributed by atoms with Crippen molar-refractivity contribution in [3.8, 4) is 0 Å². The molecule has 2 aromatic rings. The average Bonchev–Trinajstić information content (AvgIpc) is 2.60. The van der Waals surface area contributed by atoms with Crippen molar-refractivity contribution in [2.24, 2.45) is 0 Å². The predicted octanol–water partition coefficient (Wildman–Crippen LogP) is 0.852. The Morgan fingerprint density at radius 2 is 2.55 bits per heavy atom. The number of hydrogen-bond acceptors (Lipinski definition) is 4. The first-order valence-electron chi connectivity index (χ1n) is 3.18. The highest BCUT2D eigenvalue weighted by Crippen LogP contribution is 2.08. The monoisotopic (exact) mass is 166 g/mol. The van der Waals surface area contributed by atoms with Gasteiger partial charge < -0.3 is 0 Å². The van der Waals surface area contributed by atoms with Gasteiger partial charge in [-0.3, -0.25) is 0 Å². The van der Waals surface area contributed by atoms with Crippen LogP contribution in [0.25, 0.3) is 0 Å². The Hall–Kier alpha value is -1.23. The third-order valence-electron chi connectivity index (χ3n) is 1.33. The summed E-state index contributed by atoms with van der Waals surface area (Å²) in [4.78, 5) is 0. The van der Waals surface area contributed by atoms with E-state index < -0.39 is 0 Å². The molecule has 0 aliphatic rings. The van der Waals surface area contributed by atoms with Gasteiger partial charge in [-0.2, -0.15) is 16.6 Å². The number of nitrogens with zero attached hydrogens (tertiary/aromatic N) is 3. The molecule has 4 nitrogen and oxygen atoms in total. The van der Waals surface area contributed by atoms with Crippen molar-refractivity contribution >= 4 is 11.3 Å². The van der Waals surface area contributed by atoms with Crippen molar-refractivity contribution in [3.63, 3.8) is 0 Å². The van der Waals surface area contributed by atoms with E-state index in [9.17, 15) is 0 Å². The molecule has 2 aromatic heterocycles. The van der Waals surface area contributed by atoms with E-state index in [-0.39, 0.29) is 0 Å². The highest BCUT2D eigenvalue weighted by Gasteiger charge is 1.99. The molecule has 56 valence electrons. The lowest BCUT2D eigenvalue weighted by molar-refractivity contribution is 0.881. The van der Waals surface area contributed by atoms with Gasteiger partial charge in [0.25, 0.3) is 0 Å². The highest BCUT2D eigenvalue weighted by molar-refractivity contribution is 7.07. The molecule has 0 aliphatic heterocycles. The molecule has 0 spiro atoms. The molecule has 0 saturated carbocycles. The Balaban J connectivity index is 2.14. The fourth-order valence-corrected chi connectivity index (χ4v) is 1.50. The molecule has 2 heterocycles. The molecule has 0 aromatic carbocycles. The SMILES string of the molecule is c1cc(Cc2nn[nH]n2)cs1. The summed E-state index contributed by atoms with van der Waals surface area (Å²) >= 11 is 1.68. The van der Waals surface area contributed by atoms with E-state index in [0.29, 0.717) is 0 Å². The van der Waals surface area contributed by atoms with E-state index in [1.807, 2.05) is 5.38 Å². The minimum Gasteiger partial charge on any atom is -0.177 e. The number of tetrazole rings is 1. The molecule has 0 atom stereocenters. The maximum absolute atomic E-state index is 3.85. The molecule has 0 unspecified atom stereocenters. The zero-order valence-electron chi connectivity index (χ0n) is 5.69. The second kappa shape index (κ2) is 2.79. The number of H-pyrrole nitrogens is 1. The van der Waals surface area contributed by atoms with E-state index in [0.717, 1.165) is 12.2 Å². The van der Waals surface area contributed by atoms with E-state index in [1.165, 1.54) is 5.56 Å². The van der Waals surface area contributed by atoms with Gasteiger partial charge in [-0.25, -0.2) is 0 Å². The lowest BCUT2D eigenvalue weighted by Gasteiger charge is -1.86. The number of thiophene rings is 1. The fourth-order valence-electron chi connectivity index (χ4n) is 0.833. The van der Waals surface area contributed by atoms with Crippen molar-refractivity contribution in [1.29, 1.82) is 0 Å². The van der Waals surface area contributed by atoms with Gasteiger partial charge in [-0.15, -0.1) is 10.2 Å². The van der Waals surface area contributed by atoms with Gasteiger partial charge >= 0.3 is 0 Å². The van der Waals surface area contributed by atoms with Gasteiger partial charge in [0.15, 0.2) is 5.82 Å². The average molecular weight is 166 g/mol. The van der Waals surface area contributed by atoms with Crippen molar-refractivity contribution in [1.82, 2.24) is 20.6 Å². The quantitative estimate of drug-likeness (QED) is 0.719. The Morgan fingerprint density at radius 1 is 1.55 bits per heavy atom. The molecule has 11 heavy (non-hydrogen) atoms. The van der Waals surface area contributed by atoms with Crippen LogP contribution < -0.4 is 0 Å². The first-order chi connectivity index (χ1) is 5.45. The molecule has 5 heteroatoms. The normalized spacial score (nSPS) is 10.2. The third-order valence-corrected chi connectivity index (χ3v) is 2.06. The van der Waals surface area contributed by atoms with Gasteiger partial charge in [0.05, 0.1) is 0 Å². The van der Waals surface area contributed by atoms with Crippen LogP contribution in [-0.2, 0) is 6.42 Å². The lowest BCUT2D eigenvalue weighted by Crippen LogP contribution is -1.87. The van der Waals surface area contributed by atoms with Crippen LogP contribution in [0.3, 0.4) is 0 Å². The minimum atomic E-state index is 0.739.